The molecule has 1 heterocycles. The number of carbonyl (C=O) groups excluding carboxylic acids is 1. The molecule has 22 heavy (non-hydrogen) atoms. The normalized spacial score (nSPS) is 10.4. The Hall–Kier alpha value is -3.06. The highest BCUT2D eigenvalue weighted by Gasteiger charge is 2.14. The third-order valence-corrected chi connectivity index (χ3v) is 3.80. The predicted octanol–water partition coefficient (Wildman–Crippen LogP) is 3.84. The fourth-order valence-corrected chi connectivity index (χ4v) is 2.80. The monoisotopic (exact) mass is 289 g/mol. The zero-order valence-corrected chi connectivity index (χ0v) is 12.2. The minimum Gasteiger partial charge on any atom is -0.354 e. The second kappa shape index (κ2) is 5.74. The van der Waals surface area contributed by atoms with Crippen LogP contribution in [-0.2, 0) is 11.2 Å². The van der Waals surface area contributed by atoms with Crippen molar-refractivity contribution in [2.24, 2.45) is 0 Å². The number of anilines is 1. The van der Waals surface area contributed by atoms with E-state index in [9.17, 15) is 4.79 Å². The summed E-state index contributed by atoms with van der Waals surface area (Å²) in [6.45, 7) is 2.08. The molecule has 0 atom stereocenters. The van der Waals surface area contributed by atoms with Crippen molar-refractivity contribution >= 4 is 23.0 Å². The average molecular weight is 289 g/mol. The molecule has 1 aromatic heterocycles. The lowest BCUT2D eigenvalue weighted by Gasteiger charge is -2.08. The van der Waals surface area contributed by atoms with Gasteiger partial charge in [-0.1, -0.05) is 25.1 Å². The minimum absolute atomic E-state index is 0.645. The number of nitrogens with one attached hydrogen (secondary N) is 2. The third-order valence-electron chi connectivity index (χ3n) is 3.80. The van der Waals surface area contributed by atoms with Crippen molar-refractivity contribution in [3.05, 3.63) is 53.6 Å². The highest BCUT2D eigenvalue weighted by molar-refractivity contribution is 5.95. The lowest BCUT2D eigenvalue weighted by Crippen LogP contribution is -1.97. The van der Waals surface area contributed by atoms with Crippen molar-refractivity contribution in [3.8, 4) is 17.3 Å². The molecule has 108 valence electrons. The Bertz CT molecular complexity index is 887. The van der Waals surface area contributed by atoms with Crippen molar-refractivity contribution in [2.75, 3.05) is 5.32 Å². The van der Waals surface area contributed by atoms with Crippen molar-refractivity contribution in [1.29, 1.82) is 5.26 Å². The number of aryl methyl sites for hydroxylation is 1. The lowest BCUT2D eigenvalue weighted by atomic mass is 10.0. The van der Waals surface area contributed by atoms with E-state index in [-0.39, 0.29) is 0 Å². The molecular weight excluding hydrogens is 274 g/mol. The molecule has 2 aromatic carbocycles. The van der Waals surface area contributed by atoms with E-state index in [1.807, 2.05) is 36.4 Å². The average Bonchev–Trinajstić information content (AvgIpc) is 2.93. The van der Waals surface area contributed by atoms with E-state index in [0.29, 0.717) is 12.0 Å². The first-order chi connectivity index (χ1) is 10.8. The number of hydrogen-bond donors (Lipinski definition) is 2. The largest absolute Gasteiger partial charge is 0.354 e. The summed E-state index contributed by atoms with van der Waals surface area (Å²) >= 11 is 0. The molecule has 2 N–H and O–H groups in total. The molecule has 0 radical (unpaired) electrons. The molecule has 0 saturated heterocycles. The molecule has 0 fully saturated rings. The maximum Gasteiger partial charge on any atom is 0.211 e. The topological polar surface area (TPSA) is 68.7 Å². The standard InChI is InChI=1S/C18H15N3O/c1-2-13-15-9-12(10-19)7-8-17(15)21-18(13)14-5-3-4-6-16(14)20-11-22/h3-9,11,21H,2H2,1H3,(H,20,22). The van der Waals surface area contributed by atoms with E-state index in [1.54, 1.807) is 6.07 Å². The molecule has 3 aromatic rings. The van der Waals surface area contributed by atoms with Gasteiger partial charge in [0.15, 0.2) is 0 Å². The van der Waals surface area contributed by atoms with Gasteiger partial charge in [-0.2, -0.15) is 5.26 Å². The van der Waals surface area contributed by atoms with E-state index >= 15 is 0 Å². The Morgan fingerprint density at radius 3 is 2.82 bits per heavy atom. The van der Waals surface area contributed by atoms with Crippen LogP contribution in [0.4, 0.5) is 5.69 Å². The number of aromatic amines is 1. The summed E-state index contributed by atoms with van der Waals surface area (Å²) in [5.41, 5.74) is 5.48. The zero-order chi connectivity index (χ0) is 15.5. The molecule has 0 aliphatic carbocycles. The Morgan fingerprint density at radius 1 is 1.27 bits per heavy atom. The summed E-state index contributed by atoms with van der Waals surface area (Å²) < 4.78 is 0. The lowest BCUT2D eigenvalue weighted by molar-refractivity contribution is -0.105. The summed E-state index contributed by atoms with van der Waals surface area (Å²) in [4.78, 5) is 14.2. The molecule has 3 rings (SSSR count). The van der Waals surface area contributed by atoms with Gasteiger partial charge in [0.05, 0.1) is 17.3 Å². The van der Waals surface area contributed by atoms with Crippen molar-refractivity contribution in [1.82, 2.24) is 4.98 Å². The number of nitrogens with zero attached hydrogens (tertiary/aromatic N) is 1. The van der Waals surface area contributed by atoms with Gasteiger partial charge in [-0.3, -0.25) is 4.79 Å². The third kappa shape index (κ3) is 2.23. The Balaban J connectivity index is 2.28. The first-order valence-electron chi connectivity index (χ1n) is 7.12. The van der Waals surface area contributed by atoms with Crippen molar-refractivity contribution in [3.63, 3.8) is 0 Å². The van der Waals surface area contributed by atoms with E-state index < -0.39 is 0 Å². The molecule has 0 unspecified atom stereocenters. The van der Waals surface area contributed by atoms with Crippen LogP contribution in [0.15, 0.2) is 42.5 Å². The van der Waals surface area contributed by atoms with Crippen LogP contribution in [0.1, 0.15) is 18.1 Å². The smallest absolute Gasteiger partial charge is 0.211 e. The first-order valence-corrected chi connectivity index (χ1v) is 7.12. The SMILES string of the molecule is CCc1c(-c2ccccc2NC=O)[nH]c2ccc(C#N)cc12. The summed E-state index contributed by atoms with van der Waals surface area (Å²) in [6, 6.07) is 15.5. The fourth-order valence-electron chi connectivity index (χ4n) is 2.80. The van der Waals surface area contributed by atoms with Crippen LogP contribution in [0, 0.1) is 11.3 Å². The van der Waals surface area contributed by atoms with Gasteiger partial charge in [0.1, 0.15) is 0 Å². The van der Waals surface area contributed by atoms with Crippen LogP contribution in [0.2, 0.25) is 0 Å². The van der Waals surface area contributed by atoms with E-state index in [4.69, 9.17) is 5.26 Å². The summed E-state index contributed by atoms with van der Waals surface area (Å²) in [5, 5.41) is 12.9. The first kappa shape index (κ1) is 13.9. The number of rotatable bonds is 4. The summed E-state index contributed by atoms with van der Waals surface area (Å²) in [5.74, 6) is 0. The molecule has 0 spiro atoms. The van der Waals surface area contributed by atoms with Gasteiger partial charge in [-0.05, 0) is 36.2 Å². The fraction of sp³-hybridized carbons (Fsp3) is 0.111. The molecule has 4 nitrogen and oxygen atoms in total. The summed E-state index contributed by atoms with van der Waals surface area (Å²) in [6.07, 6.45) is 1.51. The van der Waals surface area contributed by atoms with E-state index in [0.717, 1.165) is 39.8 Å². The Labute approximate surface area is 128 Å². The zero-order valence-electron chi connectivity index (χ0n) is 12.2. The molecular formula is C18H15N3O. The Kier molecular flexibility index (Phi) is 3.63. The van der Waals surface area contributed by atoms with Crippen LogP contribution in [0.25, 0.3) is 22.2 Å². The highest BCUT2D eigenvalue weighted by atomic mass is 16.1. The molecule has 0 bridgehead atoms. The van der Waals surface area contributed by atoms with Crippen LogP contribution < -0.4 is 5.32 Å². The van der Waals surface area contributed by atoms with Gasteiger partial charge in [-0.25, -0.2) is 0 Å². The number of para-hydroxylation sites is 1. The van der Waals surface area contributed by atoms with Gasteiger partial charge in [0.25, 0.3) is 0 Å². The molecule has 0 aliphatic rings. The van der Waals surface area contributed by atoms with Crippen LogP contribution in [0.5, 0.6) is 0 Å². The van der Waals surface area contributed by atoms with Crippen LogP contribution >= 0.6 is 0 Å². The quantitative estimate of drug-likeness (QED) is 0.716. The van der Waals surface area contributed by atoms with Crippen molar-refractivity contribution in [2.45, 2.75) is 13.3 Å². The van der Waals surface area contributed by atoms with Gasteiger partial charge in [0, 0.05) is 22.2 Å². The second-order valence-corrected chi connectivity index (χ2v) is 5.01. The molecule has 0 aliphatic heterocycles. The van der Waals surface area contributed by atoms with Gasteiger partial charge < -0.3 is 10.3 Å². The van der Waals surface area contributed by atoms with E-state index in [2.05, 4.69) is 23.3 Å². The minimum atomic E-state index is 0.645. The number of benzene rings is 2. The maximum absolute atomic E-state index is 10.8. The second-order valence-electron chi connectivity index (χ2n) is 5.01. The number of amides is 1. The van der Waals surface area contributed by atoms with Gasteiger partial charge >= 0.3 is 0 Å². The van der Waals surface area contributed by atoms with Crippen LogP contribution in [-0.4, -0.2) is 11.4 Å². The summed E-state index contributed by atoms with van der Waals surface area (Å²) in [7, 11) is 0. The number of hydrogen-bond acceptors (Lipinski definition) is 2. The number of carbonyl (C=O) groups is 1. The van der Waals surface area contributed by atoms with Crippen LogP contribution in [0.3, 0.4) is 0 Å². The number of H-pyrrole nitrogens is 1. The number of nitriles is 1. The van der Waals surface area contributed by atoms with Gasteiger partial charge in [0.2, 0.25) is 6.41 Å². The number of aromatic nitrogens is 1. The number of fused-ring (bicyclic) bond motifs is 1. The molecule has 4 heteroatoms. The maximum atomic E-state index is 10.8. The molecule has 1 amide bonds. The highest BCUT2D eigenvalue weighted by Crippen LogP contribution is 2.35. The van der Waals surface area contributed by atoms with Crippen molar-refractivity contribution < 1.29 is 4.79 Å². The molecule has 0 saturated carbocycles. The van der Waals surface area contributed by atoms with E-state index in [1.165, 1.54) is 0 Å². The Morgan fingerprint density at radius 2 is 2.09 bits per heavy atom. The van der Waals surface area contributed by atoms with Gasteiger partial charge in [-0.15, -0.1) is 0 Å². The predicted molar refractivity (Wildman–Crippen MR) is 87.5 cm³/mol.